The fraction of sp³-hybridized carbons (Fsp3) is 0.227. The maximum absolute atomic E-state index is 14.2. The monoisotopic (exact) mass is 394 g/mol. The summed E-state index contributed by atoms with van der Waals surface area (Å²) < 4.78 is 34.6. The molecular formula is C22H20F2N4O. The molecule has 0 aliphatic rings. The maximum Gasteiger partial charge on any atom is 0.168 e. The van der Waals surface area contributed by atoms with Gasteiger partial charge in [0.05, 0.1) is 12.8 Å². The van der Waals surface area contributed by atoms with Gasteiger partial charge in [0.1, 0.15) is 24.6 Å². The number of hydrogen-bond acceptors (Lipinski definition) is 4. The van der Waals surface area contributed by atoms with Gasteiger partial charge in [0.25, 0.3) is 0 Å². The van der Waals surface area contributed by atoms with E-state index in [2.05, 4.69) is 15.2 Å². The highest BCUT2D eigenvalue weighted by molar-refractivity contribution is 5.79. The van der Waals surface area contributed by atoms with Gasteiger partial charge in [0.2, 0.25) is 0 Å². The third-order valence-corrected chi connectivity index (χ3v) is 5.19. The van der Waals surface area contributed by atoms with E-state index in [9.17, 15) is 8.78 Å². The highest BCUT2D eigenvalue weighted by Gasteiger charge is 2.15. The number of pyridine rings is 2. The van der Waals surface area contributed by atoms with Gasteiger partial charge >= 0.3 is 0 Å². The average molecular weight is 394 g/mol. The molecule has 0 aliphatic heterocycles. The van der Waals surface area contributed by atoms with Crippen molar-refractivity contribution >= 4 is 5.65 Å². The zero-order chi connectivity index (χ0) is 20.4. The number of hydrogen-bond donors (Lipinski definition) is 0. The number of alkyl halides is 1. The highest BCUT2D eigenvalue weighted by Crippen LogP contribution is 2.29. The number of rotatable bonds is 6. The minimum absolute atomic E-state index is 0.285. The molecule has 0 radical (unpaired) electrons. The first-order valence-corrected chi connectivity index (χ1v) is 9.28. The van der Waals surface area contributed by atoms with Crippen LogP contribution >= 0.6 is 0 Å². The van der Waals surface area contributed by atoms with Crippen molar-refractivity contribution in [3.63, 3.8) is 0 Å². The zero-order valence-corrected chi connectivity index (χ0v) is 16.2. The lowest BCUT2D eigenvalue weighted by Crippen LogP contribution is -2.04. The summed E-state index contributed by atoms with van der Waals surface area (Å²) in [6.07, 6.45) is 4.29. The topological polar surface area (TPSA) is 52.3 Å². The number of nitrogens with zero attached hydrogens (tertiary/aromatic N) is 4. The first kappa shape index (κ1) is 19.0. The molecule has 4 rings (SSSR count). The highest BCUT2D eigenvalue weighted by atomic mass is 19.1. The van der Waals surface area contributed by atoms with Crippen molar-refractivity contribution in [3.8, 4) is 16.9 Å². The predicted octanol–water partition coefficient (Wildman–Crippen LogP) is 4.50. The summed E-state index contributed by atoms with van der Waals surface area (Å²) in [5, 5.41) is 8.31. The summed E-state index contributed by atoms with van der Waals surface area (Å²) in [6, 6.07) is 10.6. The molecule has 1 aromatic carbocycles. The van der Waals surface area contributed by atoms with Crippen LogP contribution in [0.5, 0.6) is 5.75 Å². The molecule has 4 aromatic rings. The van der Waals surface area contributed by atoms with Gasteiger partial charge in [-0.25, -0.2) is 8.78 Å². The number of halogens is 2. The Morgan fingerprint density at radius 3 is 2.72 bits per heavy atom. The van der Waals surface area contributed by atoms with Gasteiger partial charge in [-0.1, -0.05) is 6.07 Å². The van der Waals surface area contributed by atoms with Crippen molar-refractivity contribution in [2.24, 2.45) is 0 Å². The van der Waals surface area contributed by atoms with Crippen molar-refractivity contribution in [1.29, 1.82) is 0 Å². The number of aromatic nitrogens is 4. The van der Waals surface area contributed by atoms with Gasteiger partial charge in [0, 0.05) is 23.0 Å². The Morgan fingerprint density at radius 1 is 1.07 bits per heavy atom. The van der Waals surface area contributed by atoms with E-state index < -0.39 is 6.67 Å². The van der Waals surface area contributed by atoms with E-state index in [1.807, 2.05) is 29.5 Å². The Kier molecular flexibility index (Phi) is 5.20. The van der Waals surface area contributed by atoms with Crippen LogP contribution in [0.2, 0.25) is 0 Å². The van der Waals surface area contributed by atoms with Crippen LogP contribution in [0.25, 0.3) is 16.8 Å². The molecule has 0 aliphatic carbocycles. The number of methoxy groups -OCH3 is 1. The molecule has 0 N–H and O–H groups in total. The van der Waals surface area contributed by atoms with Crippen LogP contribution in [0.1, 0.15) is 22.5 Å². The van der Waals surface area contributed by atoms with E-state index in [0.29, 0.717) is 35.5 Å². The molecule has 0 amide bonds. The summed E-state index contributed by atoms with van der Waals surface area (Å²) in [6.45, 7) is 1.23. The molecule has 0 saturated heterocycles. The van der Waals surface area contributed by atoms with Crippen LogP contribution < -0.4 is 4.74 Å². The second-order valence-corrected chi connectivity index (χ2v) is 6.75. The molecule has 3 heterocycles. The average Bonchev–Trinajstić information content (AvgIpc) is 3.23. The Labute approximate surface area is 167 Å². The van der Waals surface area contributed by atoms with Crippen LogP contribution in [0.4, 0.5) is 8.78 Å². The van der Waals surface area contributed by atoms with E-state index >= 15 is 0 Å². The van der Waals surface area contributed by atoms with E-state index in [0.717, 1.165) is 22.4 Å². The zero-order valence-electron chi connectivity index (χ0n) is 16.2. The standard InChI is InChI=1S/C22H20F2N4O/c1-14-16(10-11-25-20(14)12-23)17-8-6-15(28-13-26-27-22(17)28)7-9-18-19(24)4-3-5-21(18)29-2/h3-6,8,10-11,13H,7,9,12H2,1-2H3. The Morgan fingerprint density at radius 2 is 1.93 bits per heavy atom. The molecule has 0 spiro atoms. The van der Waals surface area contributed by atoms with Gasteiger partial charge in [-0.05, 0) is 61.2 Å². The largest absolute Gasteiger partial charge is 0.496 e. The summed E-state index contributed by atoms with van der Waals surface area (Å²) in [5.41, 5.74) is 5.06. The van der Waals surface area contributed by atoms with Crippen LogP contribution in [0.15, 0.2) is 48.9 Å². The molecular weight excluding hydrogens is 374 g/mol. The third-order valence-electron chi connectivity index (χ3n) is 5.19. The minimum atomic E-state index is -0.620. The first-order valence-electron chi connectivity index (χ1n) is 9.28. The number of benzene rings is 1. The lowest BCUT2D eigenvalue weighted by Gasteiger charge is -2.13. The maximum atomic E-state index is 14.2. The molecule has 0 unspecified atom stereocenters. The minimum Gasteiger partial charge on any atom is -0.496 e. The van der Waals surface area contributed by atoms with E-state index in [-0.39, 0.29) is 5.82 Å². The van der Waals surface area contributed by atoms with Crippen LogP contribution in [0.3, 0.4) is 0 Å². The SMILES string of the molecule is COc1cccc(F)c1CCc1ccc(-c2ccnc(CF)c2C)c2nncn12. The van der Waals surface area contributed by atoms with Crippen molar-refractivity contribution in [3.05, 3.63) is 77.3 Å². The molecule has 0 fully saturated rings. The van der Waals surface area contributed by atoms with Crippen LogP contribution in [-0.4, -0.2) is 26.7 Å². The van der Waals surface area contributed by atoms with Crippen LogP contribution in [-0.2, 0) is 19.5 Å². The smallest absolute Gasteiger partial charge is 0.168 e. The molecule has 0 atom stereocenters. The molecule has 148 valence electrons. The fourth-order valence-electron chi connectivity index (χ4n) is 3.61. The Bertz CT molecular complexity index is 1170. The Balaban J connectivity index is 1.71. The van der Waals surface area contributed by atoms with Crippen molar-refractivity contribution in [1.82, 2.24) is 19.6 Å². The number of aryl methyl sites for hydroxylation is 1. The lowest BCUT2D eigenvalue weighted by atomic mass is 10.00. The molecule has 7 heteroatoms. The van der Waals surface area contributed by atoms with E-state index in [1.165, 1.54) is 13.2 Å². The Hall–Kier alpha value is -3.35. The quantitative estimate of drug-likeness (QED) is 0.483. The van der Waals surface area contributed by atoms with Gasteiger partial charge in [-0.3, -0.25) is 9.38 Å². The molecule has 0 bridgehead atoms. The second kappa shape index (κ2) is 7.95. The van der Waals surface area contributed by atoms with E-state index in [1.54, 1.807) is 24.7 Å². The summed E-state index contributed by atoms with van der Waals surface area (Å²) in [5.74, 6) is 0.250. The second-order valence-electron chi connectivity index (χ2n) is 6.75. The van der Waals surface area contributed by atoms with Crippen molar-refractivity contribution in [2.75, 3.05) is 7.11 Å². The van der Waals surface area contributed by atoms with E-state index in [4.69, 9.17) is 4.74 Å². The van der Waals surface area contributed by atoms with Gasteiger partial charge in [0.15, 0.2) is 5.65 Å². The summed E-state index contributed by atoms with van der Waals surface area (Å²) >= 11 is 0. The number of ether oxygens (including phenoxy) is 1. The molecule has 0 saturated carbocycles. The number of fused-ring (bicyclic) bond motifs is 1. The summed E-state index contributed by atoms with van der Waals surface area (Å²) in [7, 11) is 1.54. The summed E-state index contributed by atoms with van der Waals surface area (Å²) in [4.78, 5) is 4.09. The van der Waals surface area contributed by atoms with Gasteiger partial charge in [-0.15, -0.1) is 10.2 Å². The van der Waals surface area contributed by atoms with Gasteiger partial charge < -0.3 is 4.74 Å². The normalized spacial score (nSPS) is 11.2. The predicted molar refractivity (Wildman–Crippen MR) is 106 cm³/mol. The molecule has 5 nitrogen and oxygen atoms in total. The third kappa shape index (κ3) is 3.44. The molecule has 3 aromatic heterocycles. The lowest BCUT2D eigenvalue weighted by molar-refractivity contribution is 0.404. The van der Waals surface area contributed by atoms with Gasteiger partial charge in [-0.2, -0.15) is 0 Å². The first-order chi connectivity index (χ1) is 14.1. The van der Waals surface area contributed by atoms with Crippen molar-refractivity contribution < 1.29 is 13.5 Å². The van der Waals surface area contributed by atoms with Crippen LogP contribution in [0, 0.1) is 12.7 Å². The fourth-order valence-corrected chi connectivity index (χ4v) is 3.61. The molecule has 29 heavy (non-hydrogen) atoms. The van der Waals surface area contributed by atoms with Crippen molar-refractivity contribution in [2.45, 2.75) is 26.4 Å².